The number of nitrogens with zero attached hydrogens (tertiary/aromatic N) is 2. The van der Waals surface area contributed by atoms with Crippen LogP contribution in [0.4, 0.5) is 5.69 Å². The van der Waals surface area contributed by atoms with E-state index in [4.69, 9.17) is 4.42 Å². The molecule has 1 fully saturated rings. The van der Waals surface area contributed by atoms with Crippen molar-refractivity contribution in [2.24, 2.45) is 5.92 Å². The molecule has 1 saturated heterocycles. The minimum atomic E-state index is -3.79. The molecule has 0 aliphatic carbocycles. The van der Waals surface area contributed by atoms with Crippen molar-refractivity contribution < 1.29 is 22.4 Å². The Morgan fingerprint density at radius 1 is 1.29 bits per heavy atom. The molecule has 2 amide bonds. The van der Waals surface area contributed by atoms with Crippen molar-refractivity contribution in [1.82, 2.24) is 9.62 Å². The molecule has 3 heterocycles. The zero-order valence-electron chi connectivity index (χ0n) is 17.9. The van der Waals surface area contributed by atoms with Crippen molar-refractivity contribution in [2.75, 3.05) is 25.0 Å². The second-order valence-corrected chi connectivity index (χ2v) is 10.6. The number of carbonyl (C=O) groups excluding carboxylic acids is 2. The number of rotatable bonds is 5. The largest absolute Gasteiger partial charge is 0.467 e. The second-order valence-electron chi connectivity index (χ2n) is 8.67. The number of sulfonamides is 1. The molecule has 8 nitrogen and oxygen atoms in total. The topological polar surface area (TPSA) is 99.9 Å². The maximum Gasteiger partial charge on any atom is 0.243 e. The van der Waals surface area contributed by atoms with E-state index in [1.165, 1.54) is 4.31 Å². The van der Waals surface area contributed by atoms with Crippen LogP contribution in [0.3, 0.4) is 0 Å². The van der Waals surface area contributed by atoms with Crippen molar-refractivity contribution in [3.05, 3.63) is 47.9 Å². The van der Waals surface area contributed by atoms with E-state index in [2.05, 4.69) is 5.32 Å². The Labute approximate surface area is 182 Å². The van der Waals surface area contributed by atoms with Crippen molar-refractivity contribution in [3.8, 4) is 0 Å². The van der Waals surface area contributed by atoms with Gasteiger partial charge in [0.15, 0.2) is 0 Å². The number of amides is 2. The van der Waals surface area contributed by atoms with Crippen LogP contribution in [0.25, 0.3) is 0 Å². The SMILES string of the molecule is CN1C(=O)C(C)(C)c2cc(S(=O)(=O)N3CCC[C@@H](C(=O)NCc4ccco4)C3)ccc21. The van der Waals surface area contributed by atoms with Gasteiger partial charge in [-0.15, -0.1) is 0 Å². The standard InChI is InChI=1S/C22H27N3O5S/c1-22(2)18-12-17(8-9-19(18)24(3)21(22)27)31(28,29)25-10-4-6-15(14-25)20(26)23-13-16-7-5-11-30-16/h5,7-9,11-12,15H,4,6,10,13-14H2,1-3H3,(H,23,26)/t15-/m1/s1. The van der Waals surface area contributed by atoms with E-state index >= 15 is 0 Å². The van der Waals surface area contributed by atoms with Crippen LogP contribution >= 0.6 is 0 Å². The predicted molar refractivity (Wildman–Crippen MR) is 115 cm³/mol. The molecule has 4 rings (SSSR count). The zero-order chi connectivity index (χ0) is 22.4. The molecule has 1 aromatic heterocycles. The van der Waals surface area contributed by atoms with Gasteiger partial charge in [0.05, 0.1) is 29.0 Å². The van der Waals surface area contributed by atoms with Gasteiger partial charge in [0.25, 0.3) is 0 Å². The van der Waals surface area contributed by atoms with Gasteiger partial charge in [0.1, 0.15) is 5.76 Å². The molecular weight excluding hydrogens is 418 g/mol. The average Bonchev–Trinajstić information content (AvgIpc) is 3.34. The monoisotopic (exact) mass is 445 g/mol. The van der Waals surface area contributed by atoms with Crippen molar-refractivity contribution >= 4 is 27.5 Å². The molecular formula is C22H27N3O5S. The molecule has 166 valence electrons. The van der Waals surface area contributed by atoms with Crippen molar-refractivity contribution in [1.29, 1.82) is 0 Å². The Bertz CT molecular complexity index is 1110. The quantitative estimate of drug-likeness (QED) is 0.761. The summed E-state index contributed by atoms with van der Waals surface area (Å²) >= 11 is 0. The number of benzene rings is 1. The van der Waals surface area contributed by atoms with E-state index in [9.17, 15) is 18.0 Å². The molecule has 0 radical (unpaired) electrons. The first-order chi connectivity index (χ1) is 14.6. The first kappa shape index (κ1) is 21.6. The van der Waals surface area contributed by atoms with E-state index in [0.717, 1.165) is 5.69 Å². The molecule has 9 heteroatoms. The Morgan fingerprint density at radius 3 is 2.77 bits per heavy atom. The molecule has 0 spiro atoms. The molecule has 0 saturated carbocycles. The van der Waals surface area contributed by atoms with E-state index < -0.39 is 21.4 Å². The third-order valence-corrected chi connectivity index (χ3v) is 8.11. The lowest BCUT2D eigenvalue weighted by atomic mass is 9.86. The predicted octanol–water partition coefficient (Wildman–Crippen LogP) is 2.25. The van der Waals surface area contributed by atoms with Gasteiger partial charge in [-0.1, -0.05) is 0 Å². The fourth-order valence-corrected chi connectivity index (χ4v) is 5.92. The summed E-state index contributed by atoms with van der Waals surface area (Å²) in [6.45, 7) is 4.37. The van der Waals surface area contributed by atoms with Crippen LogP contribution in [0.1, 0.15) is 38.0 Å². The van der Waals surface area contributed by atoms with Crippen LogP contribution in [0, 0.1) is 5.92 Å². The smallest absolute Gasteiger partial charge is 0.243 e. The number of nitrogens with one attached hydrogen (secondary N) is 1. The number of carbonyl (C=O) groups is 2. The van der Waals surface area contributed by atoms with E-state index in [1.807, 2.05) is 0 Å². The Kier molecular flexibility index (Phi) is 5.43. The number of piperidine rings is 1. The van der Waals surface area contributed by atoms with Gasteiger partial charge in [-0.3, -0.25) is 9.59 Å². The van der Waals surface area contributed by atoms with Crippen LogP contribution < -0.4 is 10.2 Å². The summed E-state index contributed by atoms with van der Waals surface area (Å²) < 4.78 is 33.3. The summed E-state index contributed by atoms with van der Waals surface area (Å²) in [5.74, 6) is -0.0205. The third-order valence-electron chi connectivity index (χ3n) is 6.25. The van der Waals surface area contributed by atoms with Gasteiger partial charge in [-0.25, -0.2) is 8.42 Å². The summed E-state index contributed by atoms with van der Waals surface area (Å²) in [5.41, 5.74) is 0.639. The normalized spacial score (nSPS) is 21.2. The number of fused-ring (bicyclic) bond motifs is 1. The molecule has 2 aliphatic rings. The highest BCUT2D eigenvalue weighted by atomic mass is 32.2. The van der Waals surface area contributed by atoms with Crippen LogP contribution in [-0.2, 0) is 31.6 Å². The lowest BCUT2D eigenvalue weighted by Crippen LogP contribution is -2.45. The lowest BCUT2D eigenvalue weighted by molar-refractivity contribution is -0.126. The Hall–Kier alpha value is -2.65. The highest BCUT2D eigenvalue weighted by Crippen LogP contribution is 2.42. The minimum absolute atomic E-state index is 0.0664. The zero-order valence-corrected chi connectivity index (χ0v) is 18.7. The molecule has 1 atom stereocenters. The minimum Gasteiger partial charge on any atom is -0.467 e. The fraction of sp³-hybridized carbons (Fsp3) is 0.455. The maximum absolute atomic E-state index is 13.4. The molecule has 1 N–H and O–H groups in total. The fourth-order valence-electron chi connectivity index (χ4n) is 4.37. The van der Waals surface area contributed by atoms with E-state index in [-0.39, 0.29) is 29.8 Å². The third kappa shape index (κ3) is 3.76. The van der Waals surface area contributed by atoms with Gasteiger partial charge in [0.2, 0.25) is 21.8 Å². The molecule has 2 aliphatic heterocycles. The first-order valence-corrected chi connectivity index (χ1v) is 11.8. The number of furan rings is 1. The van der Waals surface area contributed by atoms with Crippen LogP contribution in [-0.4, -0.2) is 44.7 Å². The summed E-state index contributed by atoms with van der Waals surface area (Å²) in [5, 5.41) is 2.82. The first-order valence-electron chi connectivity index (χ1n) is 10.4. The Balaban J connectivity index is 1.52. The number of likely N-dealkylation sites (N-methyl/N-ethyl adjacent to an activating group) is 1. The number of hydrogen-bond donors (Lipinski definition) is 1. The summed E-state index contributed by atoms with van der Waals surface area (Å²) in [4.78, 5) is 26.8. The van der Waals surface area contributed by atoms with Crippen molar-refractivity contribution in [2.45, 2.75) is 43.5 Å². The molecule has 0 unspecified atom stereocenters. The lowest BCUT2D eigenvalue weighted by Gasteiger charge is -2.31. The van der Waals surface area contributed by atoms with Crippen LogP contribution in [0.15, 0.2) is 45.9 Å². The number of hydrogen-bond acceptors (Lipinski definition) is 5. The van der Waals surface area contributed by atoms with Gasteiger partial charge < -0.3 is 14.6 Å². The Morgan fingerprint density at radius 2 is 2.06 bits per heavy atom. The van der Waals surface area contributed by atoms with Crippen LogP contribution in [0.2, 0.25) is 0 Å². The van der Waals surface area contributed by atoms with Gasteiger partial charge in [0, 0.05) is 25.8 Å². The summed E-state index contributed by atoms with van der Waals surface area (Å²) in [6.07, 6.45) is 2.78. The molecule has 31 heavy (non-hydrogen) atoms. The molecule has 0 bridgehead atoms. The molecule has 1 aromatic carbocycles. The van der Waals surface area contributed by atoms with Gasteiger partial charge in [-0.05, 0) is 62.6 Å². The molecule has 2 aromatic rings. The average molecular weight is 446 g/mol. The number of anilines is 1. The van der Waals surface area contributed by atoms with Gasteiger partial charge >= 0.3 is 0 Å². The maximum atomic E-state index is 13.4. The van der Waals surface area contributed by atoms with Gasteiger partial charge in [-0.2, -0.15) is 4.31 Å². The van der Waals surface area contributed by atoms with E-state index in [0.29, 0.717) is 30.7 Å². The highest BCUT2D eigenvalue weighted by Gasteiger charge is 2.43. The van der Waals surface area contributed by atoms with E-state index in [1.54, 1.807) is 62.4 Å². The highest BCUT2D eigenvalue weighted by molar-refractivity contribution is 7.89. The van der Waals surface area contributed by atoms with Crippen LogP contribution in [0.5, 0.6) is 0 Å². The second kappa shape index (κ2) is 7.80. The van der Waals surface area contributed by atoms with Crippen molar-refractivity contribution in [3.63, 3.8) is 0 Å². The summed E-state index contributed by atoms with van der Waals surface area (Å²) in [6, 6.07) is 8.36. The summed E-state index contributed by atoms with van der Waals surface area (Å²) in [7, 11) is -2.09.